The van der Waals surface area contributed by atoms with Crippen molar-refractivity contribution in [2.45, 2.75) is 37.1 Å². The zero-order valence-electron chi connectivity index (χ0n) is 13.1. The van der Waals surface area contributed by atoms with Crippen molar-refractivity contribution >= 4 is 40.1 Å². The number of hydrogen-bond donors (Lipinski definition) is 4. The van der Waals surface area contributed by atoms with Gasteiger partial charge in [-0.25, -0.2) is 13.2 Å². The van der Waals surface area contributed by atoms with Crippen LogP contribution in [0.15, 0.2) is 0 Å². The minimum Gasteiger partial charge on any atom is -0.481 e. The maximum atomic E-state index is 12.2. The molecule has 0 bridgehead atoms. The fourth-order valence-electron chi connectivity index (χ4n) is 3.43. The van der Waals surface area contributed by atoms with Gasteiger partial charge in [-0.1, -0.05) is 13.8 Å². The minimum atomic E-state index is -3.91. The van der Waals surface area contributed by atoms with Crippen molar-refractivity contribution < 1.29 is 33.0 Å². The highest BCUT2D eigenvalue weighted by Gasteiger charge is 2.79. The zero-order valence-corrected chi connectivity index (χ0v) is 14.8. The van der Waals surface area contributed by atoms with Gasteiger partial charge in [0.15, 0.2) is 15.4 Å². The van der Waals surface area contributed by atoms with E-state index >= 15 is 0 Å². The summed E-state index contributed by atoms with van der Waals surface area (Å²) in [7, 11) is -3.91. The molecule has 2 rings (SSSR count). The second-order valence-corrected chi connectivity index (χ2v) is 8.82. The maximum absolute atomic E-state index is 12.2. The molecular formula is C13H21ClN2O7S. The Morgan fingerprint density at radius 1 is 1.29 bits per heavy atom. The number of fused-ring (bicyclic) bond motifs is 1. The van der Waals surface area contributed by atoms with Crippen LogP contribution >= 0.6 is 12.4 Å². The fourth-order valence-corrected chi connectivity index (χ4v) is 6.13. The summed E-state index contributed by atoms with van der Waals surface area (Å²) in [5, 5.41) is 19.5. The molecule has 0 aromatic heterocycles. The number of aliphatic carboxylic acids is 2. The Morgan fingerprint density at radius 2 is 1.83 bits per heavy atom. The molecule has 2 fully saturated rings. The number of carboxylic acid groups (broad SMARTS) is 2. The SMILES string of the molecule is CC(C)C[C@H](N)C(=O)N[C@@]1(C(=O)O)CS(=O)(=O)[C@H]2[C@H](C(=O)O)[C@H]21.Cl. The Hall–Kier alpha value is -1.39. The van der Waals surface area contributed by atoms with Crippen molar-refractivity contribution in [2.75, 3.05) is 5.75 Å². The summed E-state index contributed by atoms with van der Waals surface area (Å²) in [4.78, 5) is 35.0. The number of carbonyl (C=O) groups is 3. The van der Waals surface area contributed by atoms with Crippen molar-refractivity contribution in [1.82, 2.24) is 5.32 Å². The third-order valence-corrected chi connectivity index (χ3v) is 6.72. The lowest BCUT2D eigenvalue weighted by Crippen LogP contribution is -2.62. The third kappa shape index (κ3) is 3.22. The minimum absolute atomic E-state index is 0. The summed E-state index contributed by atoms with van der Waals surface area (Å²) in [5.41, 5.74) is 3.58. The van der Waals surface area contributed by atoms with Crippen molar-refractivity contribution in [2.24, 2.45) is 23.5 Å². The predicted molar refractivity (Wildman–Crippen MR) is 85.4 cm³/mol. The Bertz CT molecular complexity index is 665. The number of halogens is 1. The van der Waals surface area contributed by atoms with Crippen molar-refractivity contribution in [1.29, 1.82) is 0 Å². The Labute approximate surface area is 145 Å². The van der Waals surface area contributed by atoms with Crippen LogP contribution in [0.4, 0.5) is 0 Å². The van der Waals surface area contributed by atoms with E-state index in [1.54, 1.807) is 0 Å². The number of carboxylic acids is 2. The molecule has 1 amide bonds. The second kappa shape index (κ2) is 6.49. The van der Waals surface area contributed by atoms with E-state index in [0.29, 0.717) is 6.42 Å². The van der Waals surface area contributed by atoms with Gasteiger partial charge >= 0.3 is 11.9 Å². The summed E-state index contributed by atoms with van der Waals surface area (Å²) < 4.78 is 24.1. The molecule has 1 saturated carbocycles. The van der Waals surface area contributed by atoms with Crippen LogP contribution in [0.5, 0.6) is 0 Å². The monoisotopic (exact) mass is 384 g/mol. The first-order valence-corrected chi connectivity index (χ1v) is 8.91. The molecule has 0 spiro atoms. The van der Waals surface area contributed by atoms with Crippen LogP contribution in [0, 0.1) is 17.8 Å². The molecule has 0 unspecified atom stereocenters. The molecule has 2 aliphatic rings. The predicted octanol–water partition coefficient (Wildman–Crippen LogP) is -1.15. The van der Waals surface area contributed by atoms with E-state index in [0.717, 1.165) is 0 Å². The highest BCUT2D eigenvalue weighted by Crippen LogP contribution is 2.57. The van der Waals surface area contributed by atoms with Gasteiger partial charge in [0.05, 0.1) is 23.0 Å². The second-order valence-electron chi connectivity index (χ2n) is 6.66. The van der Waals surface area contributed by atoms with E-state index in [1.807, 2.05) is 13.8 Å². The zero-order chi connectivity index (χ0) is 17.7. The standard InChI is InChI=1S/C13H20N2O7S.ClH/c1-5(2)3-6(14)10(16)15-13(12(19)20)4-23(21,22)9-7(8(9)13)11(17)18;/h5-9H,3-4,14H2,1-2H3,(H,15,16)(H,17,18)(H,19,20);1H/t6-,7+,8+,9-,13-;/m0./s1. The third-order valence-electron chi connectivity index (χ3n) is 4.44. The smallest absolute Gasteiger partial charge is 0.330 e. The molecule has 11 heteroatoms. The normalized spacial score (nSPS) is 33.9. The van der Waals surface area contributed by atoms with Crippen LogP contribution in [-0.4, -0.2) is 59.1 Å². The molecule has 0 aromatic rings. The Balaban J connectivity index is 0.00000288. The highest BCUT2D eigenvalue weighted by molar-refractivity contribution is 7.92. The topological polar surface area (TPSA) is 164 Å². The van der Waals surface area contributed by atoms with Crippen LogP contribution in [0.2, 0.25) is 0 Å². The van der Waals surface area contributed by atoms with Crippen molar-refractivity contribution in [3.05, 3.63) is 0 Å². The van der Waals surface area contributed by atoms with E-state index in [9.17, 15) is 27.9 Å². The van der Waals surface area contributed by atoms with Gasteiger partial charge < -0.3 is 21.3 Å². The van der Waals surface area contributed by atoms with Crippen LogP contribution < -0.4 is 11.1 Å². The molecule has 1 aliphatic heterocycles. The average molecular weight is 385 g/mol. The lowest BCUT2D eigenvalue weighted by molar-refractivity contribution is -0.148. The van der Waals surface area contributed by atoms with E-state index in [4.69, 9.17) is 10.8 Å². The van der Waals surface area contributed by atoms with Gasteiger partial charge in [-0.05, 0) is 12.3 Å². The number of nitrogens with one attached hydrogen (secondary N) is 1. The molecule has 1 heterocycles. The van der Waals surface area contributed by atoms with Gasteiger partial charge in [-0.2, -0.15) is 0 Å². The summed E-state index contributed by atoms with van der Waals surface area (Å²) in [6.45, 7) is 3.66. The summed E-state index contributed by atoms with van der Waals surface area (Å²) >= 11 is 0. The fraction of sp³-hybridized carbons (Fsp3) is 0.769. The van der Waals surface area contributed by atoms with Crippen LogP contribution in [0.25, 0.3) is 0 Å². The van der Waals surface area contributed by atoms with E-state index in [1.165, 1.54) is 0 Å². The maximum Gasteiger partial charge on any atom is 0.330 e. The first-order chi connectivity index (χ1) is 10.4. The largest absolute Gasteiger partial charge is 0.481 e. The Kier molecular flexibility index (Phi) is 5.58. The summed E-state index contributed by atoms with van der Waals surface area (Å²) in [6.07, 6.45) is 0.296. The number of hydrogen-bond acceptors (Lipinski definition) is 6. The molecule has 1 saturated heterocycles. The van der Waals surface area contributed by atoms with Gasteiger partial charge in [0.25, 0.3) is 0 Å². The molecule has 1 aliphatic carbocycles. The van der Waals surface area contributed by atoms with E-state index < -0.39 is 62.1 Å². The van der Waals surface area contributed by atoms with E-state index in [-0.39, 0.29) is 18.3 Å². The van der Waals surface area contributed by atoms with Gasteiger partial charge in [-0.15, -0.1) is 12.4 Å². The van der Waals surface area contributed by atoms with Crippen molar-refractivity contribution in [3.63, 3.8) is 0 Å². The molecule has 24 heavy (non-hydrogen) atoms. The molecule has 138 valence electrons. The van der Waals surface area contributed by atoms with Gasteiger partial charge in [0, 0.05) is 5.92 Å². The van der Waals surface area contributed by atoms with Crippen LogP contribution in [0.1, 0.15) is 20.3 Å². The highest BCUT2D eigenvalue weighted by atomic mass is 35.5. The lowest BCUT2D eigenvalue weighted by Gasteiger charge is -2.29. The lowest BCUT2D eigenvalue weighted by atomic mass is 9.92. The number of rotatable bonds is 6. The number of amides is 1. The molecule has 5 N–H and O–H groups in total. The summed E-state index contributed by atoms with van der Waals surface area (Å²) in [6, 6.07) is -0.991. The number of nitrogens with two attached hydrogens (primary N) is 1. The van der Waals surface area contributed by atoms with E-state index in [2.05, 4.69) is 5.32 Å². The summed E-state index contributed by atoms with van der Waals surface area (Å²) in [5.74, 6) is -6.92. The van der Waals surface area contributed by atoms with Crippen LogP contribution in [0.3, 0.4) is 0 Å². The molecule has 0 aromatic carbocycles. The molecule has 5 atom stereocenters. The van der Waals surface area contributed by atoms with Gasteiger partial charge in [0.2, 0.25) is 5.91 Å². The molecule has 0 radical (unpaired) electrons. The number of sulfone groups is 1. The molecule has 9 nitrogen and oxygen atoms in total. The number of carbonyl (C=O) groups excluding carboxylic acids is 1. The molecular weight excluding hydrogens is 364 g/mol. The average Bonchev–Trinajstić information content (AvgIpc) is 3.08. The first-order valence-electron chi connectivity index (χ1n) is 7.19. The van der Waals surface area contributed by atoms with Gasteiger partial charge in [-0.3, -0.25) is 9.59 Å². The van der Waals surface area contributed by atoms with Crippen LogP contribution in [-0.2, 0) is 24.2 Å². The quantitative estimate of drug-likeness (QED) is 0.445. The van der Waals surface area contributed by atoms with Gasteiger partial charge in [0.1, 0.15) is 0 Å². The first kappa shape index (κ1) is 20.7. The van der Waals surface area contributed by atoms with Crippen molar-refractivity contribution in [3.8, 4) is 0 Å². The Morgan fingerprint density at radius 3 is 2.21 bits per heavy atom.